The smallest absolute Gasteiger partial charge is 0.321 e. The van der Waals surface area contributed by atoms with Crippen LogP contribution in [-0.2, 0) is 4.79 Å². The molecule has 6 heteroatoms. The van der Waals surface area contributed by atoms with Crippen LogP contribution in [0.4, 0.5) is 4.79 Å². The third-order valence-corrected chi connectivity index (χ3v) is 2.57. The topological polar surface area (TPSA) is 81.7 Å². The Kier molecular flexibility index (Phi) is 5.37. The molecular weight excluding hydrogens is 222 g/mol. The summed E-state index contributed by atoms with van der Waals surface area (Å²) < 4.78 is 0. The van der Waals surface area contributed by atoms with Gasteiger partial charge in [0.25, 0.3) is 0 Å². The lowest BCUT2D eigenvalue weighted by atomic mass is 10.1. The zero-order valence-electron chi connectivity index (χ0n) is 10.4. The summed E-state index contributed by atoms with van der Waals surface area (Å²) in [5.74, 6) is 0.188. The third kappa shape index (κ3) is 5.65. The summed E-state index contributed by atoms with van der Waals surface area (Å²) in [7, 11) is 0. The maximum atomic E-state index is 11.4. The normalized spacial score (nSPS) is 16.7. The van der Waals surface area contributed by atoms with Gasteiger partial charge in [-0.3, -0.25) is 15.0 Å². The summed E-state index contributed by atoms with van der Waals surface area (Å²) >= 11 is 0. The first-order chi connectivity index (χ1) is 7.97. The highest BCUT2D eigenvalue weighted by Gasteiger charge is 2.26. The molecule has 17 heavy (non-hydrogen) atoms. The lowest BCUT2D eigenvalue weighted by molar-refractivity contribution is -0.123. The first-order valence-corrected chi connectivity index (χ1v) is 5.95. The Bertz CT molecular complexity index is 275. The number of hydrogen-bond donors (Lipinski definition) is 3. The van der Waals surface area contributed by atoms with Gasteiger partial charge in [0.2, 0.25) is 5.91 Å². The van der Waals surface area contributed by atoms with Crippen molar-refractivity contribution in [3.05, 3.63) is 0 Å². The van der Waals surface area contributed by atoms with Crippen molar-refractivity contribution >= 4 is 11.9 Å². The number of hydrogen-bond acceptors (Lipinski definition) is 4. The molecule has 0 aromatic heterocycles. The number of likely N-dealkylation sites (tertiary alicyclic amines) is 1. The number of carbonyl (C=O) groups excluding carboxylic acids is 2. The number of amides is 3. The molecule has 0 atom stereocenters. The molecule has 0 aromatic carbocycles. The van der Waals surface area contributed by atoms with E-state index in [0.29, 0.717) is 25.6 Å². The fraction of sp³-hybridized carbons (Fsp3) is 0.818. The van der Waals surface area contributed by atoms with Crippen LogP contribution < -0.4 is 10.6 Å². The minimum atomic E-state index is -0.447. The molecule has 0 radical (unpaired) electrons. The van der Waals surface area contributed by atoms with Crippen molar-refractivity contribution in [2.24, 2.45) is 5.92 Å². The van der Waals surface area contributed by atoms with Crippen molar-refractivity contribution in [1.82, 2.24) is 15.5 Å². The van der Waals surface area contributed by atoms with E-state index in [1.54, 1.807) is 4.90 Å². The van der Waals surface area contributed by atoms with E-state index in [1.165, 1.54) is 0 Å². The summed E-state index contributed by atoms with van der Waals surface area (Å²) in [6, 6.07) is -0.447. The molecule has 0 aliphatic carbocycles. The average molecular weight is 243 g/mol. The van der Waals surface area contributed by atoms with Crippen molar-refractivity contribution in [2.45, 2.75) is 26.4 Å². The number of aliphatic hydroxyl groups is 1. The van der Waals surface area contributed by atoms with E-state index in [9.17, 15) is 9.59 Å². The summed E-state index contributed by atoms with van der Waals surface area (Å²) in [5.41, 5.74) is 0. The van der Waals surface area contributed by atoms with E-state index in [2.05, 4.69) is 24.5 Å². The van der Waals surface area contributed by atoms with Gasteiger partial charge in [0, 0.05) is 19.6 Å². The van der Waals surface area contributed by atoms with Crippen LogP contribution in [0.25, 0.3) is 0 Å². The molecule has 0 unspecified atom stereocenters. The van der Waals surface area contributed by atoms with Crippen LogP contribution in [0.2, 0.25) is 0 Å². The van der Waals surface area contributed by atoms with E-state index in [0.717, 1.165) is 6.42 Å². The van der Waals surface area contributed by atoms with E-state index in [4.69, 9.17) is 5.11 Å². The van der Waals surface area contributed by atoms with Gasteiger partial charge in [0.1, 0.15) is 0 Å². The van der Waals surface area contributed by atoms with Crippen molar-refractivity contribution < 1.29 is 14.7 Å². The standard InChI is InChI=1S/C11H21N3O3/c1-8(2)3-4-12-11(17)13-10(16)7-14-5-9(15)6-14/h8-9,15H,3-7H2,1-2H3,(H2,12,13,16,17). The first-order valence-electron chi connectivity index (χ1n) is 5.95. The predicted molar refractivity (Wildman–Crippen MR) is 63.4 cm³/mol. The molecule has 6 nitrogen and oxygen atoms in total. The van der Waals surface area contributed by atoms with E-state index in [1.807, 2.05) is 0 Å². The van der Waals surface area contributed by atoms with Gasteiger partial charge in [0.05, 0.1) is 12.6 Å². The molecule has 1 heterocycles. The first kappa shape index (κ1) is 13.9. The lowest BCUT2D eigenvalue weighted by Gasteiger charge is -2.34. The number of nitrogens with zero attached hydrogens (tertiary/aromatic N) is 1. The fourth-order valence-corrected chi connectivity index (χ4v) is 1.56. The summed E-state index contributed by atoms with van der Waals surface area (Å²) in [4.78, 5) is 24.4. The Balaban J connectivity index is 2.07. The van der Waals surface area contributed by atoms with Crippen LogP contribution in [0.5, 0.6) is 0 Å². The van der Waals surface area contributed by atoms with Gasteiger partial charge in [-0.2, -0.15) is 0 Å². The molecular formula is C11H21N3O3. The number of aliphatic hydroxyl groups excluding tert-OH is 1. The van der Waals surface area contributed by atoms with E-state index in [-0.39, 0.29) is 18.6 Å². The van der Waals surface area contributed by atoms with Crippen molar-refractivity contribution in [1.29, 1.82) is 0 Å². The fourth-order valence-electron chi connectivity index (χ4n) is 1.56. The average Bonchev–Trinajstić information content (AvgIpc) is 2.14. The number of carbonyl (C=O) groups is 2. The molecule has 3 N–H and O–H groups in total. The summed E-state index contributed by atoms with van der Waals surface area (Å²) in [5, 5.41) is 13.9. The molecule has 1 aliphatic heterocycles. The number of urea groups is 1. The SMILES string of the molecule is CC(C)CCNC(=O)NC(=O)CN1CC(O)C1. The Morgan fingerprint density at radius 1 is 1.41 bits per heavy atom. The molecule has 98 valence electrons. The molecule has 0 aromatic rings. The number of rotatable bonds is 5. The van der Waals surface area contributed by atoms with Gasteiger partial charge >= 0.3 is 6.03 Å². The van der Waals surface area contributed by atoms with Gasteiger partial charge < -0.3 is 10.4 Å². The summed E-state index contributed by atoms with van der Waals surface area (Å²) in [6.45, 7) is 5.87. The highest BCUT2D eigenvalue weighted by Crippen LogP contribution is 2.05. The van der Waals surface area contributed by atoms with Gasteiger partial charge in [-0.25, -0.2) is 4.79 Å². The van der Waals surface area contributed by atoms with Gasteiger partial charge in [-0.1, -0.05) is 13.8 Å². The maximum Gasteiger partial charge on any atom is 0.321 e. The molecule has 1 aliphatic rings. The molecule has 0 saturated carbocycles. The second kappa shape index (κ2) is 6.56. The van der Waals surface area contributed by atoms with Crippen LogP contribution in [0, 0.1) is 5.92 Å². The highest BCUT2D eigenvalue weighted by molar-refractivity contribution is 5.95. The molecule has 1 saturated heterocycles. The second-order valence-electron chi connectivity index (χ2n) is 4.83. The predicted octanol–water partition coefficient (Wildman–Crippen LogP) is -0.465. The zero-order valence-corrected chi connectivity index (χ0v) is 10.4. The quantitative estimate of drug-likeness (QED) is 0.610. The van der Waals surface area contributed by atoms with Gasteiger partial charge in [-0.05, 0) is 12.3 Å². The molecule has 1 rings (SSSR count). The van der Waals surface area contributed by atoms with Crippen molar-refractivity contribution in [2.75, 3.05) is 26.2 Å². The van der Waals surface area contributed by atoms with Gasteiger partial charge in [-0.15, -0.1) is 0 Å². The number of imide groups is 1. The minimum absolute atomic E-state index is 0.161. The Hall–Kier alpha value is -1.14. The number of β-amino-alcohol motifs (C(OH)–C–C–N with tert-alkyl or cyclic N) is 1. The lowest BCUT2D eigenvalue weighted by Crippen LogP contribution is -2.55. The third-order valence-electron chi connectivity index (χ3n) is 2.57. The van der Waals surface area contributed by atoms with Crippen LogP contribution in [0.15, 0.2) is 0 Å². The summed E-state index contributed by atoms with van der Waals surface area (Å²) in [6.07, 6.45) is 0.558. The van der Waals surface area contributed by atoms with E-state index < -0.39 is 6.03 Å². The maximum absolute atomic E-state index is 11.4. The molecule has 3 amide bonds. The zero-order chi connectivity index (χ0) is 12.8. The Morgan fingerprint density at radius 2 is 2.06 bits per heavy atom. The second-order valence-corrected chi connectivity index (χ2v) is 4.83. The Labute approximate surface area is 101 Å². The largest absolute Gasteiger partial charge is 0.390 e. The van der Waals surface area contributed by atoms with Crippen LogP contribution in [0.1, 0.15) is 20.3 Å². The van der Waals surface area contributed by atoms with Crippen LogP contribution >= 0.6 is 0 Å². The van der Waals surface area contributed by atoms with Crippen LogP contribution in [0.3, 0.4) is 0 Å². The van der Waals surface area contributed by atoms with E-state index >= 15 is 0 Å². The highest BCUT2D eigenvalue weighted by atomic mass is 16.3. The van der Waals surface area contributed by atoms with Crippen molar-refractivity contribution in [3.63, 3.8) is 0 Å². The van der Waals surface area contributed by atoms with Crippen molar-refractivity contribution in [3.8, 4) is 0 Å². The van der Waals surface area contributed by atoms with Crippen LogP contribution in [-0.4, -0.2) is 54.2 Å². The minimum Gasteiger partial charge on any atom is -0.390 e. The monoisotopic (exact) mass is 243 g/mol. The van der Waals surface area contributed by atoms with Gasteiger partial charge in [0.15, 0.2) is 0 Å². The molecule has 1 fully saturated rings. The number of nitrogens with one attached hydrogen (secondary N) is 2. The molecule has 0 spiro atoms. The molecule has 0 bridgehead atoms. The Morgan fingerprint density at radius 3 is 2.59 bits per heavy atom.